The van der Waals surface area contributed by atoms with Gasteiger partial charge < -0.3 is 4.90 Å². The van der Waals surface area contributed by atoms with Crippen molar-refractivity contribution in [2.24, 2.45) is 5.10 Å². The van der Waals surface area contributed by atoms with Gasteiger partial charge in [0.25, 0.3) is 11.8 Å². The van der Waals surface area contributed by atoms with Crippen molar-refractivity contribution in [1.29, 1.82) is 0 Å². The molecule has 5 nitrogen and oxygen atoms in total. The van der Waals surface area contributed by atoms with Crippen LogP contribution >= 0.6 is 0 Å². The zero-order valence-electron chi connectivity index (χ0n) is 13.8. The van der Waals surface area contributed by atoms with Crippen molar-refractivity contribution >= 4 is 23.7 Å². The Morgan fingerprint density at radius 3 is 1.96 bits per heavy atom. The SMILES string of the molecule is CCN(CC)c1ccc(/C=N/N2C(=O)c3ccccc3C2=O)cc1. The Balaban J connectivity index is 1.77. The van der Waals surface area contributed by atoms with Crippen LogP contribution in [-0.2, 0) is 0 Å². The molecular weight excluding hydrogens is 302 g/mol. The summed E-state index contributed by atoms with van der Waals surface area (Å²) in [5, 5.41) is 5.00. The highest BCUT2D eigenvalue weighted by Crippen LogP contribution is 2.22. The highest BCUT2D eigenvalue weighted by Gasteiger charge is 2.35. The summed E-state index contributed by atoms with van der Waals surface area (Å²) in [4.78, 5) is 26.7. The molecule has 0 N–H and O–H groups in total. The third-order valence-electron chi connectivity index (χ3n) is 4.12. The Kier molecular flexibility index (Phi) is 4.42. The molecule has 2 aromatic rings. The number of hydrogen-bond acceptors (Lipinski definition) is 4. The van der Waals surface area contributed by atoms with E-state index in [1.165, 1.54) is 6.21 Å². The number of amides is 2. The molecule has 0 radical (unpaired) electrons. The lowest BCUT2D eigenvalue weighted by molar-refractivity contribution is 0.0660. The van der Waals surface area contributed by atoms with E-state index in [0.29, 0.717) is 11.1 Å². The van der Waals surface area contributed by atoms with Crippen molar-refractivity contribution in [3.8, 4) is 0 Å². The summed E-state index contributed by atoms with van der Waals surface area (Å²) < 4.78 is 0. The van der Waals surface area contributed by atoms with Crippen LogP contribution in [0.2, 0.25) is 0 Å². The minimum atomic E-state index is -0.383. The number of nitrogens with zero attached hydrogens (tertiary/aromatic N) is 3. The quantitative estimate of drug-likeness (QED) is 0.628. The molecule has 0 fully saturated rings. The summed E-state index contributed by atoms with van der Waals surface area (Å²) >= 11 is 0. The zero-order chi connectivity index (χ0) is 17.1. The minimum absolute atomic E-state index is 0.383. The Morgan fingerprint density at radius 2 is 1.46 bits per heavy atom. The largest absolute Gasteiger partial charge is 0.372 e. The standard InChI is InChI=1S/C19H19N3O2/c1-3-21(4-2)15-11-9-14(10-12-15)13-20-22-18(23)16-7-5-6-8-17(16)19(22)24/h5-13H,3-4H2,1-2H3/b20-13+. The molecule has 2 aromatic carbocycles. The molecule has 1 aliphatic heterocycles. The van der Waals surface area contributed by atoms with Gasteiger partial charge in [0.2, 0.25) is 0 Å². The molecule has 5 heteroatoms. The van der Waals surface area contributed by atoms with Crippen LogP contribution in [0.3, 0.4) is 0 Å². The molecule has 1 aliphatic rings. The lowest BCUT2D eigenvalue weighted by Gasteiger charge is -2.20. The Hall–Kier alpha value is -2.95. The molecule has 0 spiro atoms. The summed E-state index contributed by atoms with van der Waals surface area (Å²) in [6.45, 7) is 6.11. The fraction of sp³-hybridized carbons (Fsp3) is 0.211. The molecule has 1 heterocycles. The van der Waals surface area contributed by atoms with Crippen LogP contribution in [0.1, 0.15) is 40.1 Å². The fourth-order valence-corrected chi connectivity index (χ4v) is 2.77. The van der Waals surface area contributed by atoms with Crippen LogP contribution < -0.4 is 4.90 Å². The number of carbonyl (C=O) groups excluding carboxylic acids is 2. The van der Waals surface area contributed by atoms with Crippen LogP contribution in [0.5, 0.6) is 0 Å². The zero-order valence-corrected chi connectivity index (χ0v) is 13.8. The van der Waals surface area contributed by atoms with Gasteiger partial charge in [-0.25, -0.2) is 0 Å². The van der Waals surface area contributed by atoms with Gasteiger partial charge in [-0.05, 0) is 43.7 Å². The molecule has 2 amide bonds. The van der Waals surface area contributed by atoms with Crippen LogP contribution in [0.25, 0.3) is 0 Å². The second-order valence-electron chi connectivity index (χ2n) is 5.48. The van der Waals surface area contributed by atoms with E-state index in [1.807, 2.05) is 24.3 Å². The van der Waals surface area contributed by atoms with Crippen molar-refractivity contribution in [2.75, 3.05) is 18.0 Å². The molecule has 24 heavy (non-hydrogen) atoms. The number of anilines is 1. The van der Waals surface area contributed by atoms with Gasteiger partial charge in [0.05, 0.1) is 17.3 Å². The van der Waals surface area contributed by atoms with Crippen LogP contribution in [0.15, 0.2) is 53.6 Å². The van der Waals surface area contributed by atoms with Crippen molar-refractivity contribution in [3.05, 3.63) is 65.2 Å². The molecule has 0 unspecified atom stereocenters. The first-order valence-electron chi connectivity index (χ1n) is 8.02. The molecule has 122 valence electrons. The molecule has 0 saturated heterocycles. The molecule has 0 atom stereocenters. The van der Waals surface area contributed by atoms with Crippen LogP contribution in [0.4, 0.5) is 5.69 Å². The van der Waals surface area contributed by atoms with E-state index in [1.54, 1.807) is 24.3 Å². The lowest BCUT2D eigenvalue weighted by atomic mass is 10.1. The normalized spacial score (nSPS) is 13.7. The maximum Gasteiger partial charge on any atom is 0.282 e. The minimum Gasteiger partial charge on any atom is -0.372 e. The molecule has 0 saturated carbocycles. The number of carbonyl (C=O) groups is 2. The summed E-state index contributed by atoms with van der Waals surface area (Å²) in [5.41, 5.74) is 2.77. The lowest BCUT2D eigenvalue weighted by Crippen LogP contribution is -2.24. The van der Waals surface area contributed by atoms with Gasteiger partial charge in [-0.2, -0.15) is 10.1 Å². The van der Waals surface area contributed by atoms with Crippen molar-refractivity contribution in [3.63, 3.8) is 0 Å². The molecule has 0 bridgehead atoms. The van der Waals surface area contributed by atoms with E-state index in [2.05, 4.69) is 23.8 Å². The van der Waals surface area contributed by atoms with Crippen LogP contribution in [0, 0.1) is 0 Å². The third kappa shape index (κ3) is 2.80. The molecule has 0 aliphatic carbocycles. The highest BCUT2D eigenvalue weighted by molar-refractivity contribution is 6.21. The summed E-state index contributed by atoms with van der Waals surface area (Å²) in [6.07, 6.45) is 1.54. The van der Waals surface area contributed by atoms with E-state index in [4.69, 9.17) is 0 Å². The van der Waals surface area contributed by atoms with Gasteiger partial charge in [0.1, 0.15) is 0 Å². The van der Waals surface area contributed by atoms with Gasteiger partial charge in [-0.3, -0.25) is 9.59 Å². The second kappa shape index (κ2) is 6.66. The van der Waals surface area contributed by atoms with Gasteiger partial charge in [-0.15, -0.1) is 0 Å². The van der Waals surface area contributed by atoms with Crippen molar-refractivity contribution in [1.82, 2.24) is 5.01 Å². The van der Waals surface area contributed by atoms with Gasteiger partial charge >= 0.3 is 0 Å². The number of imide groups is 1. The van der Waals surface area contributed by atoms with E-state index in [-0.39, 0.29) is 11.8 Å². The smallest absolute Gasteiger partial charge is 0.282 e. The van der Waals surface area contributed by atoms with E-state index >= 15 is 0 Å². The number of hydrogen-bond donors (Lipinski definition) is 0. The summed E-state index contributed by atoms with van der Waals surface area (Å²) in [5.74, 6) is -0.766. The Morgan fingerprint density at radius 1 is 0.917 bits per heavy atom. The van der Waals surface area contributed by atoms with E-state index < -0.39 is 0 Å². The molecule has 3 rings (SSSR count). The molecular formula is C19H19N3O2. The third-order valence-corrected chi connectivity index (χ3v) is 4.12. The second-order valence-corrected chi connectivity index (χ2v) is 5.48. The maximum absolute atomic E-state index is 12.2. The van der Waals surface area contributed by atoms with Gasteiger partial charge in [-0.1, -0.05) is 24.3 Å². The average molecular weight is 321 g/mol. The van der Waals surface area contributed by atoms with Crippen LogP contribution in [-0.4, -0.2) is 36.1 Å². The van der Waals surface area contributed by atoms with Gasteiger partial charge in [0.15, 0.2) is 0 Å². The summed E-state index contributed by atoms with van der Waals surface area (Å²) in [7, 11) is 0. The number of benzene rings is 2. The Bertz CT molecular complexity index is 758. The first-order valence-corrected chi connectivity index (χ1v) is 8.02. The summed E-state index contributed by atoms with van der Waals surface area (Å²) in [6, 6.07) is 14.6. The van der Waals surface area contributed by atoms with E-state index in [0.717, 1.165) is 29.3 Å². The van der Waals surface area contributed by atoms with Gasteiger partial charge in [0, 0.05) is 18.8 Å². The average Bonchev–Trinajstić information content (AvgIpc) is 2.87. The van der Waals surface area contributed by atoms with Crippen molar-refractivity contribution in [2.45, 2.75) is 13.8 Å². The van der Waals surface area contributed by atoms with E-state index in [9.17, 15) is 9.59 Å². The fourth-order valence-electron chi connectivity index (χ4n) is 2.77. The highest BCUT2D eigenvalue weighted by atomic mass is 16.2. The predicted molar refractivity (Wildman–Crippen MR) is 94.5 cm³/mol. The maximum atomic E-state index is 12.2. The van der Waals surface area contributed by atoms with Crippen molar-refractivity contribution < 1.29 is 9.59 Å². The topological polar surface area (TPSA) is 53.0 Å². The predicted octanol–water partition coefficient (Wildman–Crippen LogP) is 3.16. The number of rotatable bonds is 5. The Labute approximate surface area is 141 Å². The first-order chi connectivity index (χ1) is 11.7. The monoisotopic (exact) mass is 321 g/mol. The number of fused-ring (bicyclic) bond motifs is 1. The number of hydrazone groups is 1. The first kappa shape index (κ1) is 15.9. The molecule has 0 aromatic heterocycles.